The Morgan fingerprint density at radius 2 is 2.29 bits per heavy atom. The van der Waals surface area contributed by atoms with E-state index >= 15 is 0 Å². The van der Waals surface area contributed by atoms with Crippen LogP contribution >= 0.6 is 34.7 Å². The highest BCUT2D eigenvalue weighted by Crippen LogP contribution is 2.31. The molecule has 90 valence electrons. The van der Waals surface area contributed by atoms with E-state index in [1.165, 1.54) is 23.1 Å². The van der Waals surface area contributed by atoms with Crippen molar-refractivity contribution in [2.24, 2.45) is 0 Å². The van der Waals surface area contributed by atoms with Gasteiger partial charge >= 0.3 is 0 Å². The Hall–Kier alpha value is -0.650. The highest BCUT2D eigenvalue weighted by atomic mass is 35.5. The molecule has 1 heterocycles. The molecule has 0 aliphatic carbocycles. The van der Waals surface area contributed by atoms with E-state index in [2.05, 4.69) is 4.98 Å². The molecule has 2 rings (SSSR count). The van der Waals surface area contributed by atoms with Gasteiger partial charge in [-0.25, -0.2) is 4.98 Å². The summed E-state index contributed by atoms with van der Waals surface area (Å²) in [6, 6.07) is 5.51. The number of halogens is 3. The minimum absolute atomic E-state index is 0.351. The second-order valence-corrected chi connectivity index (χ2v) is 6.03. The Kier molecular flexibility index (Phi) is 4.36. The quantitative estimate of drug-likeness (QED) is 0.566. The summed E-state index contributed by atoms with van der Waals surface area (Å²) >= 11 is 8.88. The average Bonchev–Trinajstić information content (AvgIpc) is 2.66. The topological polar surface area (TPSA) is 12.9 Å². The number of hydrogen-bond donors (Lipinski definition) is 0. The third-order valence-corrected chi connectivity index (χ3v) is 4.40. The molecule has 0 saturated carbocycles. The van der Waals surface area contributed by atoms with E-state index in [0.29, 0.717) is 17.2 Å². The molecule has 1 aromatic heterocycles. The van der Waals surface area contributed by atoms with Gasteiger partial charge in [0.15, 0.2) is 4.34 Å². The maximum atomic E-state index is 11.8. The zero-order chi connectivity index (χ0) is 12.3. The van der Waals surface area contributed by atoms with Crippen LogP contribution in [0, 0.1) is 0 Å². The molecule has 6 heteroatoms. The monoisotopic (exact) mass is 291 g/mol. The average molecular weight is 292 g/mol. The van der Waals surface area contributed by atoms with Crippen LogP contribution in [0.15, 0.2) is 34.7 Å². The number of nitrogens with zero attached hydrogens (tertiary/aromatic N) is 1. The zero-order valence-corrected chi connectivity index (χ0v) is 11.0. The van der Waals surface area contributed by atoms with Crippen LogP contribution in [0.2, 0.25) is 5.02 Å². The van der Waals surface area contributed by atoms with Crippen molar-refractivity contribution in [3.05, 3.63) is 35.4 Å². The lowest BCUT2D eigenvalue weighted by Gasteiger charge is -1.91. The summed E-state index contributed by atoms with van der Waals surface area (Å²) in [6.07, 6.45) is -0.345. The fourth-order valence-electron chi connectivity index (χ4n) is 1.25. The van der Waals surface area contributed by atoms with E-state index in [9.17, 15) is 8.78 Å². The Bertz CT molecular complexity index is 549. The van der Waals surface area contributed by atoms with Gasteiger partial charge in [-0.3, -0.25) is 0 Å². The highest BCUT2D eigenvalue weighted by molar-refractivity contribution is 8.01. The summed E-state index contributed by atoms with van der Waals surface area (Å²) in [4.78, 5) is 4.39. The number of thioether (sulfide) groups is 1. The van der Waals surface area contributed by atoms with E-state index < -0.39 is 6.08 Å². The first-order valence-electron chi connectivity index (χ1n) is 4.85. The lowest BCUT2D eigenvalue weighted by Crippen LogP contribution is -1.76. The molecule has 1 aromatic carbocycles. The second kappa shape index (κ2) is 5.80. The van der Waals surface area contributed by atoms with Crippen LogP contribution in [0.3, 0.4) is 0 Å². The molecule has 17 heavy (non-hydrogen) atoms. The van der Waals surface area contributed by atoms with Gasteiger partial charge in [0, 0.05) is 10.8 Å². The molecule has 0 atom stereocenters. The van der Waals surface area contributed by atoms with Crippen molar-refractivity contribution < 1.29 is 8.78 Å². The minimum Gasteiger partial charge on any atom is -0.230 e. The Morgan fingerprint density at radius 1 is 1.47 bits per heavy atom. The van der Waals surface area contributed by atoms with Gasteiger partial charge in [0.1, 0.15) is 0 Å². The zero-order valence-electron chi connectivity index (χ0n) is 8.62. The van der Waals surface area contributed by atoms with Crippen LogP contribution in [0.4, 0.5) is 8.78 Å². The summed E-state index contributed by atoms with van der Waals surface area (Å²) < 4.78 is 25.5. The summed E-state index contributed by atoms with van der Waals surface area (Å²) in [5.41, 5.74) is 0.897. The van der Waals surface area contributed by atoms with E-state index in [1.807, 2.05) is 12.1 Å². The first-order valence-corrected chi connectivity index (χ1v) is 7.03. The number of benzene rings is 1. The van der Waals surface area contributed by atoms with Crippen molar-refractivity contribution in [3.63, 3.8) is 0 Å². The summed E-state index contributed by atoms with van der Waals surface area (Å²) in [7, 11) is 0. The van der Waals surface area contributed by atoms with Crippen LogP contribution in [0.1, 0.15) is 6.42 Å². The van der Waals surface area contributed by atoms with Crippen molar-refractivity contribution in [3.8, 4) is 0 Å². The molecule has 0 unspecified atom stereocenters. The van der Waals surface area contributed by atoms with Crippen molar-refractivity contribution in [1.82, 2.24) is 4.98 Å². The van der Waals surface area contributed by atoms with Crippen LogP contribution in [0.25, 0.3) is 10.2 Å². The van der Waals surface area contributed by atoms with Gasteiger partial charge < -0.3 is 0 Å². The molecular formula is C11H8ClF2NS2. The third kappa shape index (κ3) is 3.66. The third-order valence-electron chi connectivity index (χ3n) is 1.97. The van der Waals surface area contributed by atoms with Crippen LogP contribution in [0.5, 0.6) is 0 Å². The number of allylic oxidation sites excluding steroid dienone is 1. The first-order chi connectivity index (χ1) is 8.15. The molecular weight excluding hydrogens is 284 g/mol. The van der Waals surface area contributed by atoms with Gasteiger partial charge in [0.2, 0.25) is 0 Å². The second-order valence-electron chi connectivity index (χ2n) is 3.22. The van der Waals surface area contributed by atoms with Crippen molar-refractivity contribution in [1.29, 1.82) is 0 Å². The standard InChI is InChI=1S/C11H8ClF2NS2/c12-7-3-4-8-9(6-7)17-11(15-8)16-5-1-2-10(13)14/h2-4,6H,1,5H2. The predicted molar refractivity (Wildman–Crippen MR) is 70.3 cm³/mol. The Balaban J connectivity index is 2.02. The maximum Gasteiger partial charge on any atom is 0.266 e. The molecule has 0 aliphatic rings. The number of aromatic nitrogens is 1. The van der Waals surface area contributed by atoms with Crippen LogP contribution in [-0.4, -0.2) is 10.7 Å². The fraction of sp³-hybridized carbons (Fsp3) is 0.182. The molecule has 0 saturated heterocycles. The SMILES string of the molecule is FC(F)=CCCSc1nc2ccc(Cl)cc2s1. The fourth-order valence-corrected chi connectivity index (χ4v) is 3.55. The van der Waals surface area contributed by atoms with E-state index in [1.54, 1.807) is 6.07 Å². The Morgan fingerprint density at radius 3 is 3.06 bits per heavy atom. The summed E-state index contributed by atoms with van der Waals surface area (Å²) in [5.74, 6) is 0.602. The summed E-state index contributed by atoms with van der Waals surface area (Å²) in [5, 5.41) is 0.681. The van der Waals surface area contributed by atoms with Crippen LogP contribution in [-0.2, 0) is 0 Å². The molecule has 1 nitrogen and oxygen atoms in total. The smallest absolute Gasteiger partial charge is 0.230 e. The van der Waals surface area contributed by atoms with E-state index in [4.69, 9.17) is 11.6 Å². The van der Waals surface area contributed by atoms with Gasteiger partial charge in [-0.15, -0.1) is 11.3 Å². The lowest BCUT2D eigenvalue weighted by atomic mass is 10.3. The van der Waals surface area contributed by atoms with Crippen molar-refractivity contribution in [2.45, 2.75) is 10.8 Å². The number of fused-ring (bicyclic) bond motifs is 1. The number of hydrogen-bond acceptors (Lipinski definition) is 3. The van der Waals surface area contributed by atoms with Gasteiger partial charge in [-0.2, -0.15) is 8.78 Å². The molecule has 0 N–H and O–H groups in total. The molecule has 0 amide bonds. The number of rotatable bonds is 4. The van der Waals surface area contributed by atoms with E-state index in [0.717, 1.165) is 20.6 Å². The Labute approximate surface area is 111 Å². The van der Waals surface area contributed by atoms with E-state index in [-0.39, 0.29) is 0 Å². The number of thiazole rings is 1. The van der Waals surface area contributed by atoms with Crippen molar-refractivity contribution >= 4 is 44.9 Å². The van der Waals surface area contributed by atoms with Gasteiger partial charge in [-0.1, -0.05) is 23.4 Å². The van der Waals surface area contributed by atoms with Crippen LogP contribution < -0.4 is 0 Å². The highest BCUT2D eigenvalue weighted by Gasteiger charge is 2.04. The molecule has 0 radical (unpaired) electrons. The minimum atomic E-state index is -1.62. The summed E-state index contributed by atoms with van der Waals surface area (Å²) in [6.45, 7) is 0. The first kappa shape index (κ1) is 12.8. The molecule has 0 spiro atoms. The van der Waals surface area contributed by atoms with Gasteiger partial charge in [0.05, 0.1) is 10.2 Å². The van der Waals surface area contributed by atoms with Gasteiger partial charge in [0.25, 0.3) is 6.08 Å². The molecule has 2 aromatic rings. The molecule has 0 bridgehead atoms. The molecule has 0 aliphatic heterocycles. The maximum absolute atomic E-state index is 11.8. The molecule has 0 fully saturated rings. The lowest BCUT2D eigenvalue weighted by molar-refractivity contribution is 0.418. The van der Waals surface area contributed by atoms with Gasteiger partial charge in [-0.05, 0) is 30.7 Å². The normalized spacial score (nSPS) is 10.8. The van der Waals surface area contributed by atoms with Crippen molar-refractivity contribution in [2.75, 3.05) is 5.75 Å². The largest absolute Gasteiger partial charge is 0.266 e. The predicted octanol–water partition coefficient (Wildman–Crippen LogP) is 5.21.